The zero-order valence-electron chi connectivity index (χ0n) is 9.77. The molecule has 3 N–H and O–H groups in total. The standard InChI is InChI=1S/C12H18ClN3O/c13-10-1-2-12(11(14)9-10)16-5-3-15(4-6-16)7-8-17/h1-2,9,17H,3-8,14H2. The summed E-state index contributed by atoms with van der Waals surface area (Å²) in [7, 11) is 0. The molecule has 17 heavy (non-hydrogen) atoms. The van der Waals surface area contributed by atoms with Crippen LogP contribution in [0.5, 0.6) is 0 Å². The quantitative estimate of drug-likeness (QED) is 0.793. The number of nitrogens with zero attached hydrogens (tertiary/aromatic N) is 2. The Kier molecular flexibility index (Phi) is 4.10. The molecule has 1 aromatic carbocycles. The number of β-amino-alcohol motifs (C(OH)–C–C–N with tert-alkyl or cyclic N) is 1. The fraction of sp³-hybridized carbons (Fsp3) is 0.500. The van der Waals surface area contributed by atoms with Crippen molar-refractivity contribution in [2.75, 3.05) is 50.0 Å². The fourth-order valence-electron chi connectivity index (χ4n) is 2.17. The van der Waals surface area contributed by atoms with E-state index in [1.807, 2.05) is 12.1 Å². The molecule has 0 radical (unpaired) electrons. The highest BCUT2D eigenvalue weighted by atomic mass is 35.5. The van der Waals surface area contributed by atoms with Crippen LogP contribution in [-0.2, 0) is 0 Å². The first-order valence-corrected chi connectivity index (χ1v) is 6.21. The minimum absolute atomic E-state index is 0.225. The molecule has 2 rings (SSSR count). The van der Waals surface area contributed by atoms with Gasteiger partial charge in [0.05, 0.1) is 18.0 Å². The third-order valence-electron chi connectivity index (χ3n) is 3.12. The topological polar surface area (TPSA) is 52.7 Å². The number of piperazine rings is 1. The summed E-state index contributed by atoms with van der Waals surface area (Å²) in [4.78, 5) is 4.52. The summed E-state index contributed by atoms with van der Waals surface area (Å²) < 4.78 is 0. The van der Waals surface area contributed by atoms with E-state index in [1.54, 1.807) is 6.07 Å². The van der Waals surface area contributed by atoms with Crippen LogP contribution in [0.2, 0.25) is 5.02 Å². The highest BCUT2D eigenvalue weighted by Gasteiger charge is 2.18. The lowest BCUT2D eigenvalue weighted by Gasteiger charge is -2.36. The van der Waals surface area contributed by atoms with E-state index in [1.165, 1.54) is 0 Å². The second kappa shape index (κ2) is 5.58. The van der Waals surface area contributed by atoms with Gasteiger partial charge in [-0.1, -0.05) is 11.6 Å². The van der Waals surface area contributed by atoms with E-state index in [9.17, 15) is 0 Å². The minimum Gasteiger partial charge on any atom is -0.397 e. The molecule has 1 aromatic rings. The summed E-state index contributed by atoms with van der Waals surface area (Å²) in [6.45, 7) is 4.77. The van der Waals surface area contributed by atoms with Gasteiger partial charge >= 0.3 is 0 Å². The van der Waals surface area contributed by atoms with Crippen LogP contribution in [0.3, 0.4) is 0 Å². The monoisotopic (exact) mass is 255 g/mol. The summed E-state index contributed by atoms with van der Waals surface area (Å²) >= 11 is 5.89. The van der Waals surface area contributed by atoms with Gasteiger partial charge in [-0.25, -0.2) is 0 Å². The number of aliphatic hydroxyl groups excluding tert-OH is 1. The first kappa shape index (κ1) is 12.5. The van der Waals surface area contributed by atoms with E-state index in [2.05, 4.69) is 9.80 Å². The van der Waals surface area contributed by atoms with E-state index in [0.29, 0.717) is 5.02 Å². The molecule has 1 heterocycles. The Morgan fingerprint density at radius 1 is 1.24 bits per heavy atom. The predicted octanol–water partition coefficient (Wildman–Crippen LogP) is 1.04. The second-order valence-electron chi connectivity index (χ2n) is 4.26. The van der Waals surface area contributed by atoms with E-state index in [0.717, 1.165) is 44.1 Å². The Hall–Kier alpha value is -0.970. The Labute approximate surface area is 107 Å². The van der Waals surface area contributed by atoms with Crippen LogP contribution in [-0.4, -0.2) is 49.3 Å². The largest absolute Gasteiger partial charge is 0.397 e. The number of benzene rings is 1. The lowest BCUT2D eigenvalue weighted by Crippen LogP contribution is -2.47. The molecule has 0 aromatic heterocycles. The van der Waals surface area contributed by atoms with Crippen LogP contribution in [0.15, 0.2) is 18.2 Å². The Bertz CT molecular complexity index is 378. The Morgan fingerprint density at radius 2 is 1.94 bits per heavy atom. The molecule has 5 heteroatoms. The molecule has 0 spiro atoms. The molecule has 94 valence electrons. The van der Waals surface area contributed by atoms with Gasteiger partial charge in [0.1, 0.15) is 0 Å². The van der Waals surface area contributed by atoms with Crippen LogP contribution in [0.25, 0.3) is 0 Å². The van der Waals surface area contributed by atoms with E-state index >= 15 is 0 Å². The number of nitrogens with two attached hydrogens (primary N) is 1. The number of halogens is 1. The maximum Gasteiger partial charge on any atom is 0.0601 e. The maximum atomic E-state index is 8.89. The first-order chi connectivity index (χ1) is 8.20. The lowest BCUT2D eigenvalue weighted by molar-refractivity contribution is 0.189. The zero-order valence-corrected chi connectivity index (χ0v) is 10.5. The number of hydrogen-bond acceptors (Lipinski definition) is 4. The van der Waals surface area contributed by atoms with Crippen molar-refractivity contribution in [1.82, 2.24) is 4.90 Å². The smallest absolute Gasteiger partial charge is 0.0601 e. The molecular formula is C12H18ClN3O. The fourth-order valence-corrected chi connectivity index (χ4v) is 2.35. The average Bonchev–Trinajstić information content (AvgIpc) is 2.31. The maximum absolute atomic E-state index is 8.89. The Morgan fingerprint density at radius 3 is 2.53 bits per heavy atom. The van der Waals surface area contributed by atoms with Gasteiger partial charge in [0.25, 0.3) is 0 Å². The van der Waals surface area contributed by atoms with Gasteiger partial charge < -0.3 is 15.7 Å². The van der Waals surface area contributed by atoms with Crippen LogP contribution in [0.4, 0.5) is 11.4 Å². The van der Waals surface area contributed by atoms with Crippen molar-refractivity contribution < 1.29 is 5.11 Å². The summed E-state index contributed by atoms with van der Waals surface area (Å²) in [6, 6.07) is 5.63. The van der Waals surface area contributed by atoms with Crippen LogP contribution >= 0.6 is 11.6 Å². The van der Waals surface area contributed by atoms with Crippen LogP contribution < -0.4 is 10.6 Å². The van der Waals surface area contributed by atoms with E-state index < -0.39 is 0 Å². The second-order valence-corrected chi connectivity index (χ2v) is 4.69. The number of aliphatic hydroxyl groups is 1. The predicted molar refractivity (Wildman–Crippen MR) is 71.6 cm³/mol. The molecule has 1 saturated heterocycles. The van der Waals surface area contributed by atoms with Crippen molar-refractivity contribution in [1.29, 1.82) is 0 Å². The van der Waals surface area contributed by atoms with Gasteiger partial charge in [-0.15, -0.1) is 0 Å². The van der Waals surface area contributed by atoms with Crippen LogP contribution in [0, 0.1) is 0 Å². The number of anilines is 2. The van der Waals surface area contributed by atoms with E-state index in [-0.39, 0.29) is 6.61 Å². The third-order valence-corrected chi connectivity index (χ3v) is 3.35. The summed E-state index contributed by atoms with van der Waals surface area (Å²) in [5, 5.41) is 9.56. The SMILES string of the molecule is Nc1cc(Cl)ccc1N1CCN(CCO)CC1. The van der Waals surface area contributed by atoms with Gasteiger partial charge in [0.2, 0.25) is 0 Å². The molecular weight excluding hydrogens is 238 g/mol. The number of nitrogen functional groups attached to an aromatic ring is 1. The van der Waals surface area contributed by atoms with E-state index in [4.69, 9.17) is 22.4 Å². The zero-order chi connectivity index (χ0) is 12.3. The number of hydrogen-bond donors (Lipinski definition) is 2. The molecule has 0 atom stereocenters. The van der Waals surface area contributed by atoms with Crippen molar-refractivity contribution in [2.24, 2.45) is 0 Å². The van der Waals surface area contributed by atoms with Gasteiger partial charge in [-0.3, -0.25) is 4.90 Å². The van der Waals surface area contributed by atoms with Gasteiger partial charge in [-0.05, 0) is 18.2 Å². The van der Waals surface area contributed by atoms with Crippen LogP contribution in [0.1, 0.15) is 0 Å². The highest BCUT2D eigenvalue weighted by molar-refractivity contribution is 6.31. The molecule has 1 aliphatic rings. The van der Waals surface area contributed by atoms with Gasteiger partial charge in [-0.2, -0.15) is 0 Å². The normalized spacial score (nSPS) is 17.4. The van der Waals surface area contributed by atoms with Crippen molar-refractivity contribution in [2.45, 2.75) is 0 Å². The molecule has 0 bridgehead atoms. The highest BCUT2D eigenvalue weighted by Crippen LogP contribution is 2.27. The van der Waals surface area contributed by atoms with Gasteiger partial charge in [0.15, 0.2) is 0 Å². The Balaban J connectivity index is 2.00. The van der Waals surface area contributed by atoms with Crippen molar-refractivity contribution in [3.63, 3.8) is 0 Å². The molecule has 0 aliphatic carbocycles. The minimum atomic E-state index is 0.225. The van der Waals surface area contributed by atoms with Gasteiger partial charge in [0, 0.05) is 37.7 Å². The summed E-state index contributed by atoms with van der Waals surface area (Å²) in [5.41, 5.74) is 7.75. The lowest BCUT2D eigenvalue weighted by atomic mass is 10.2. The molecule has 1 fully saturated rings. The molecule has 0 amide bonds. The third kappa shape index (κ3) is 3.03. The average molecular weight is 256 g/mol. The van der Waals surface area contributed by atoms with Crippen molar-refractivity contribution in [3.05, 3.63) is 23.2 Å². The molecule has 0 saturated carbocycles. The van der Waals surface area contributed by atoms with Crippen molar-refractivity contribution >= 4 is 23.0 Å². The molecule has 4 nitrogen and oxygen atoms in total. The molecule has 0 unspecified atom stereocenters. The first-order valence-electron chi connectivity index (χ1n) is 5.84. The summed E-state index contributed by atoms with van der Waals surface area (Å²) in [6.07, 6.45) is 0. The molecule has 1 aliphatic heterocycles. The van der Waals surface area contributed by atoms with Crippen molar-refractivity contribution in [3.8, 4) is 0 Å². The number of rotatable bonds is 3. The summed E-state index contributed by atoms with van der Waals surface area (Å²) in [5.74, 6) is 0.